The van der Waals surface area contributed by atoms with E-state index < -0.39 is 0 Å². The number of nitrogens with one attached hydrogen (secondary N) is 1. The standard InChI is InChI=1S/C28H28N4O3/c1-3-18-31(28(34)23-16-10-11-17-25(23)35-2)20-27(33)29-26-19-24(21-12-6-4-7-13-21)30-32(26)22-14-8-5-9-15-22/h4-17,19H,3,18,20H2,1-2H3,(H,29,33). The largest absolute Gasteiger partial charge is 0.496 e. The van der Waals surface area contributed by atoms with E-state index in [1.54, 1.807) is 22.9 Å². The summed E-state index contributed by atoms with van der Waals surface area (Å²) >= 11 is 0. The van der Waals surface area contributed by atoms with Gasteiger partial charge in [-0.2, -0.15) is 5.10 Å². The molecule has 0 atom stereocenters. The Hall–Kier alpha value is -4.39. The van der Waals surface area contributed by atoms with Gasteiger partial charge < -0.3 is 15.0 Å². The molecule has 0 saturated heterocycles. The number of rotatable bonds is 9. The molecule has 0 fully saturated rings. The Morgan fingerprint density at radius 2 is 1.60 bits per heavy atom. The lowest BCUT2D eigenvalue weighted by Crippen LogP contribution is -2.39. The van der Waals surface area contributed by atoms with Crippen molar-refractivity contribution in [1.29, 1.82) is 0 Å². The minimum Gasteiger partial charge on any atom is -0.496 e. The van der Waals surface area contributed by atoms with Crippen LogP contribution in [0.25, 0.3) is 16.9 Å². The van der Waals surface area contributed by atoms with Gasteiger partial charge in [0.25, 0.3) is 5.91 Å². The Labute approximate surface area is 205 Å². The topological polar surface area (TPSA) is 76.5 Å². The minimum atomic E-state index is -0.307. The molecule has 7 nitrogen and oxygen atoms in total. The number of ether oxygens (including phenoxy) is 1. The smallest absolute Gasteiger partial charge is 0.258 e. The van der Waals surface area contributed by atoms with E-state index in [1.165, 1.54) is 12.0 Å². The van der Waals surface area contributed by atoms with Crippen molar-refractivity contribution < 1.29 is 14.3 Å². The molecule has 0 radical (unpaired) electrons. The summed E-state index contributed by atoms with van der Waals surface area (Å²) in [5.74, 6) is 0.453. The number of carbonyl (C=O) groups excluding carboxylic acids is 2. The van der Waals surface area contributed by atoms with Gasteiger partial charge in [-0.1, -0.05) is 67.6 Å². The highest BCUT2D eigenvalue weighted by Gasteiger charge is 2.22. The Balaban J connectivity index is 1.59. The van der Waals surface area contributed by atoms with Gasteiger partial charge >= 0.3 is 0 Å². The zero-order chi connectivity index (χ0) is 24.6. The number of nitrogens with zero attached hydrogens (tertiary/aromatic N) is 3. The normalized spacial score (nSPS) is 10.6. The van der Waals surface area contributed by atoms with Crippen LogP contribution in [0.2, 0.25) is 0 Å². The number of carbonyl (C=O) groups is 2. The van der Waals surface area contributed by atoms with E-state index in [0.717, 1.165) is 16.9 Å². The molecule has 0 unspecified atom stereocenters. The lowest BCUT2D eigenvalue weighted by molar-refractivity contribution is -0.116. The molecule has 0 saturated carbocycles. The average Bonchev–Trinajstić information content (AvgIpc) is 3.32. The second-order valence-corrected chi connectivity index (χ2v) is 8.00. The van der Waals surface area contributed by atoms with Crippen LogP contribution in [-0.2, 0) is 4.79 Å². The summed E-state index contributed by atoms with van der Waals surface area (Å²) in [7, 11) is 1.53. The Kier molecular flexibility index (Phi) is 7.57. The van der Waals surface area contributed by atoms with Crippen molar-refractivity contribution >= 4 is 17.6 Å². The van der Waals surface area contributed by atoms with E-state index >= 15 is 0 Å². The number of aromatic nitrogens is 2. The van der Waals surface area contributed by atoms with Crippen LogP contribution >= 0.6 is 0 Å². The number of benzene rings is 3. The van der Waals surface area contributed by atoms with E-state index in [9.17, 15) is 9.59 Å². The molecule has 7 heteroatoms. The highest BCUT2D eigenvalue weighted by molar-refractivity contribution is 6.01. The number of hydrogen-bond donors (Lipinski definition) is 1. The number of methoxy groups -OCH3 is 1. The predicted molar refractivity (Wildman–Crippen MR) is 137 cm³/mol. The van der Waals surface area contributed by atoms with E-state index in [0.29, 0.717) is 30.1 Å². The van der Waals surface area contributed by atoms with Gasteiger partial charge in [0, 0.05) is 18.2 Å². The zero-order valence-corrected chi connectivity index (χ0v) is 19.8. The number of para-hydroxylation sites is 2. The lowest BCUT2D eigenvalue weighted by atomic mass is 10.1. The monoisotopic (exact) mass is 468 g/mol. The van der Waals surface area contributed by atoms with Crippen LogP contribution in [0, 0.1) is 0 Å². The molecule has 3 aromatic carbocycles. The molecule has 0 aliphatic carbocycles. The van der Waals surface area contributed by atoms with Crippen molar-refractivity contribution in [2.45, 2.75) is 13.3 Å². The Morgan fingerprint density at radius 3 is 2.29 bits per heavy atom. The second kappa shape index (κ2) is 11.2. The molecule has 1 heterocycles. The SMILES string of the molecule is CCCN(CC(=O)Nc1cc(-c2ccccc2)nn1-c1ccccc1)C(=O)c1ccccc1OC. The second-order valence-electron chi connectivity index (χ2n) is 8.00. The fourth-order valence-corrected chi connectivity index (χ4v) is 3.86. The van der Waals surface area contributed by atoms with Crippen molar-refractivity contribution in [3.8, 4) is 22.7 Å². The first-order chi connectivity index (χ1) is 17.1. The number of hydrogen-bond acceptors (Lipinski definition) is 4. The van der Waals surface area contributed by atoms with Gasteiger partial charge in [-0.15, -0.1) is 0 Å². The van der Waals surface area contributed by atoms with Gasteiger partial charge in [-0.3, -0.25) is 9.59 Å². The molecule has 178 valence electrons. The summed E-state index contributed by atoms with van der Waals surface area (Å²) < 4.78 is 7.05. The fourth-order valence-electron chi connectivity index (χ4n) is 3.86. The maximum Gasteiger partial charge on any atom is 0.258 e. The molecule has 0 aliphatic heterocycles. The van der Waals surface area contributed by atoms with Gasteiger partial charge in [-0.25, -0.2) is 4.68 Å². The number of amides is 2. The summed E-state index contributed by atoms with van der Waals surface area (Å²) in [5.41, 5.74) is 2.93. The third kappa shape index (κ3) is 5.58. The first-order valence-corrected chi connectivity index (χ1v) is 11.5. The van der Waals surface area contributed by atoms with Gasteiger partial charge in [-0.05, 0) is 30.7 Å². The summed E-state index contributed by atoms with van der Waals surface area (Å²) in [4.78, 5) is 27.9. The lowest BCUT2D eigenvalue weighted by Gasteiger charge is -2.22. The van der Waals surface area contributed by atoms with E-state index in [1.807, 2.05) is 79.7 Å². The first kappa shape index (κ1) is 23.8. The van der Waals surface area contributed by atoms with E-state index in [-0.39, 0.29) is 18.4 Å². The number of anilines is 1. The van der Waals surface area contributed by atoms with E-state index in [4.69, 9.17) is 9.84 Å². The minimum absolute atomic E-state index is 0.0919. The molecule has 2 amide bonds. The summed E-state index contributed by atoms with van der Waals surface area (Å²) in [6.07, 6.45) is 0.717. The molecule has 0 bridgehead atoms. The summed E-state index contributed by atoms with van der Waals surface area (Å²) in [6, 6.07) is 28.3. The third-order valence-electron chi connectivity index (χ3n) is 5.50. The van der Waals surface area contributed by atoms with Crippen LogP contribution < -0.4 is 10.1 Å². The van der Waals surface area contributed by atoms with Crippen LogP contribution in [0.3, 0.4) is 0 Å². The molecule has 0 spiro atoms. The molecule has 4 rings (SSSR count). The van der Waals surface area contributed by atoms with Crippen LogP contribution in [0.4, 0.5) is 5.82 Å². The van der Waals surface area contributed by atoms with Crippen LogP contribution in [0.1, 0.15) is 23.7 Å². The van der Waals surface area contributed by atoms with Crippen LogP contribution in [0.15, 0.2) is 91.0 Å². The summed E-state index contributed by atoms with van der Waals surface area (Å²) in [6.45, 7) is 2.32. The maximum absolute atomic E-state index is 13.2. The predicted octanol–water partition coefficient (Wildman–Crippen LogP) is 5.04. The van der Waals surface area contributed by atoms with Crippen molar-refractivity contribution in [3.63, 3.8) is 0 Å². The third-order valence-corrected chi connectivity index (χ3v) is 5.50. The molecular weight excluding hydrogens is 440 g/mol. The maximum atomic E-state index is 13.2. The van der Waals surface area contributed by atoms with Gasteiger partial charge in [0.05, 0.1) is 24.1 Å². The Bertz CT molecular complexity index is 1290. The molecular formula is C28H28N4O3. The molecule has 4 aromatic rings. The van der Waals surface area contributed by atoms with Gasteiger partial charge in [0.15, 0.2) is 0 Å². The molecule has 35 heavy (non-hydrogen) atoms. The van der Waals surface area contributed by atoms with Crippen molar-refractivity contribution in [1.82, 2.24) is 14.7 Å². The van der Waals surface area contributed by atoms with Crippen molar-refractivity contribution in [2.24, 2.45) is 0 Å². The zero-order valence-electron chi connectivity index (χ0n) is 19.8. The van der Waals surface area contributed by atoms with Gasteiger partial charge in [0.2, 0.25) is 5.91 Å². The van der Waals surface area contributed by atoms with Crippen LogP contribution in [-0.4, -0.2) is 46.7 Å². The fraction of sp³-hybridized carbons (Fsp3) is 0.179. The Morgan fingerprint density at radius 1 is 0.943 bits per heavy atom. The van der Waals surface area contributed by atoms with Crippen molar-refractivity contribution in [3.05, 3.63) is 96.6 Å². The highest BCUT2D eigenvalue weighted by Crippen LogP contribution is 2.25. The van der Waals surface area contributed by atoms with Gasteiger partial charge in [0.1, 0.15) is 18.1 Å². The van der Waals surface area contributed by atoms with Crippen molar-refractivity contribution in [2.75, 3.05) is 25.5 Å². The molecule has 1 aromatic heterocycles. The highest BCUT2D eigenvalue weighted by atomic mass is 16.5. The summed E-state index contributed by atoms with van der Waals surface area (Å²) in [5, 5.41) is 7.69. The molecule has 1 N–H and O–H groups in total. The quantitative estimate of drug-likeness (QED) is 0.373. The average molecular weight is 469 g/mol. The van der Waals surface area contributed by atoms with E-state index in [2.05, 4.69) is 5.32 Å². The van der Waals surface area contributed by atoms with Crippen LogP contribution in [0.5, 0.6) is 5.75 Å². The first-order valence-electron chi connectivity index (χ1n) is 11.5. The molecule has 0 aliphatic rings.